The minimum atomic E-state index is -0.265. The van der Waals surface area contributed by atoms with Crippen LogP contribution in [0.3, 0.4) is 0 Å². The second-order valence-electron chi connectivity index (χ2n) is 2.44. The second-order valence-corrected chi connectivity index (χ2v) is 2.85. The van der Waals surface area contributed by atoms with Crippen molar-refractivity contribution in [2.24, 2.45) is 0 Å². The van der Waals surface area contributed by atoms with Crippen molar-refractivity contribution >= 4 is 23.2 Å². The normalized spacial score (nSPS) is 9.38. The number of hydrogen-bond donors (Lipinski definition) is 3. The molecule has 0 fully saturated rings. The van der Waals surface area contributed by atoms with Gasteiger partial charge in [0, 0.05) is 6.92 Å². The van der Waals surface area contributed by atoms with E-state index in [-0.39, 0.29) is 11.7 Å². The van der Waals surface area contributed by atoms with Crippen LogP contribution in [0.4, 0.5) is 5.69 Å². The van der Waals surface area contributed by atoms with Gasteiger partial charge in [-0.3, -0.25) is 15.6 Å². The molecule has 0 aliphatic heterocycles. The van der Waals surface area contributed by atoms with Gasteiger partial charge in [-0.25, -0.2) is 0 Å². The highest BCUT2D eigenvalue weighted by Crippen LogP contribution is 2.29. The Morgan fingerprint density at radius 2 is 2.23 bits per heavy atom. The van der Waals surface area contributed by atoms with E-state index in [4.69, 9.17) is 11.6 Å². The molecule has 0 aliphatic carbocycles. The summed E-state index contributed by atoms with van der Waals surface area (Å²) in [4.78, 5) is 10.5. The van der Waals surface area contributed by atoms with E-state index >= 15 is 0 Å². The molecule has 1 aromatic rings. The molecular formula is C8H9ClN2O2. The third-order valence-electron chi connectivity index (χ3n) is 1.36. The number of aromatic hydroxyl groups is 1. The molecule has 13 heavy (non-hydrogen) atoms. The number of halogens is 1. The molecule has 0 radical (unpaired) electrons. The van der Waals surface area contributed by atoms with Crippen molar-refractivity contribution in [3.05, 3.63) is 23.2 Å². The predicted molar refractivity (Wildman–Crippen MR) is 50.6 cm³/mol. The van der Waals surface area contributed by atoms with E-state index in [1.165, 1.54) is 13.0 Å². The molecule has 0 saturated carbocycles. The monoisotopic (exact) mass is 200 g/mol. The van der Waals surface area contributed by atoms with Gasteiger partial charge in [0.2, 0.25) is 5.91 Å². The Kier molecular flexibility index (Phi) is 2.97. The molecule has 0 saturated heterocycles. The van der Waals surface area contributed by atoms with Crippen molar-refractivity contribution in [1.29, 1.82) is 0 Å². The van der Waals surface area contributed by atoms with Gasteiger partial charge in [0.15, 0.2) is 0 Å². The van der Waals surface area contributed by atoms with Crippen LogP contribution in [0.2, 0.25) is 5.02 Å². The molecule has 0 atom stereocenters. The Bertz CT molecular complexity index is 308. The molecular weight excluding hydrogens is 192 g/mol. The predicted octanol–water partition coefficient (Wildman–Crippen LogP) is 1.51. The highest BCUT2D eigenvalue weighted by Gasteiger charge is 2.04. The fourth-order valence-electron chi connectivity index (χ4n) is 0.787. The van der Waals surface area contributed by atoms with Gasteiger partial charge in [-0.15, -0.1) is 0 Å². The summed E-state index contributed by atoms with van der Waals surface area (Å²) >= 11 is 5.74. The molecule has 0 bridgehead atoms. The molecule has 4 nitrogen and oxygen atoms in total. The fraction of sp³-hybridized carbons (Fsp3) is 0.125. The van der Waals surface area contributed by atoms with Gasteiger partial charge in [-0.1, -0.05) is 17.7 Å². The fourth-order valence-corrected chi connectivity index (χ4v) is 1.00. The Morgan fingerprint density at radius 3 is 2.77 bits per heavy atom. The van der Waals surface area contributed by atoms with E-state index in [0.29, 0.717) is 10.7 Å². The average molecular weight is 201 g/mol. The van der Waals surface area contributed by atoms with Crippen LogP contribution in [-0.4, -0.2) is 11.0 Å². The van der Waals surface area contributed by atoms with Crippen LogP contribution in [0.1, 0.15) is 6.92 Å². The SMILES string of the molecule is CC(=O)NNc1c(O)cccc1Cl. The summed E-state index contributed by atoms with van der Waals surface area (Å²) in [5, 5.41) is 9.65. The maximum atomic E-state index is 10.5. The summed E-state index contributed by atoms with van der Waals surface area (Å²) in [6, 6.07) is 4.68. The van der Waals surface area contributed by atoms with Crippen LogP contribution in [0.5, 0.6) is 5.75 Å². The standard InChI is InChI=1S/C8H9ClN2O2/c1-5(12)10-11-8-6(9)3-2-4-7(8)13/h2-4,11,13H,1H3,(H,10,12). The quantitative estimate of drug-likeness (QED) is 0.501. The number of amides is 1. The Morgan fingerprint density at radius 1 is 1.54 bits per heavy atom. The minimum Gasteiger partial charge on any atom is -0.506 e. The number of rotatable bonds is 2. The molecule has 5 heteroatoms. The molecule has 0 aromatic heterocycles. The van der Waals surface area contributed by atoms with Gasteiger partial charge in [0.25, 0.3) is 0 Å². The number of anilines is 1. The minimum absolute atomic E-state index is 0.0127. The Labute approximate surface area is 80.5 Å². The van der Waals surface area contributed by atoms with Gasteiger partial charge in [-0.2, -0.15) is 0 Å². The Balaban J connectivity index is 2.81. The van der Waals surface area contributed by atoms with Crippen molar-refractivity contribution in [2.45, 2.75) is 6.92 Å². The first-order valence-electron chi connectivity index (χ1n) is 3.61. The molecule has 70 valence electrons. The molecule has 0 heterocycles. The molecule has 1 rings (SSSR count). The largest absolute Gasteiger partial charge is 0.506 e. The lowest BCUT2D eigenvalue weighted by atomic mass is 10.3. The highest BCUT2D eigenvalue weighted by atomic mass is 35.5. The van der Waals surface area contributed by atoms with Crippen molar-refractivity contribution in [3.8, 4) is 5.75 Å². The van der Waals surface area contributed by atoms with Crippen LogP contribution in [-0.2, 0) is 4.79 Å². The summed E-state index contributed by atoms with van der Waals surface area (Å²) in [7, 11) is 0. The second kappa shape index (κ2) is 4.00. The molecule has 0 unspecified atom stereocenters. The number of hydrogen-bond acceptors (Lipinski definition) is 3. The summed E-state index contributed by atoms with van der Waals surface area (Å²) in [5.41, 5.74) is 5.10. The van der Waals surface area contributed by atoms with Gasteiger partial charge >= 0.3 is 0 Å². The first-order chi connectivity index (χ1) is 6.11. The van der Waals surface area contributed by atoms with Crippen LogP contribution in [0.25, 0.3) is 0 Å². The van der Waals surface area contributed by atoms with E-state index in [0.717, 1.165) is 0 Å². The number of phenols is 1. The van der Waals surface area contributed by atoms with Gasteiger partial charge in [-0.05, 0) is 12.1 Å². The van der Waals surface area contributed by atoms with Crippen molar-refractivity contribution in [3.63, 3.8) is 0 Å². The lowest BCUT2D eigenvalue weighted by Crippen LogP contribution is -2.26. The van der Waals surface area contributed by atoms with E-state index in [9.17, 15) is 9.90 Å². The number of nitrogens with one attached hydrogen (secondary N) is 2. The van der Waals surface area contributed by atoms with Crippen LogP contribution in [0, 0.1) is 0 Å². The number of hydrazine groups is 1. The maximum absolute atomic E-state index is 10.5. The number of phenolic OH excluding ortho intramolecular Hbond substituents is 1. The van der Waals surface area contributed by atoms with Crippen molar-refractivity contribution in [2.75, 3.05) is 5.43 Å². The van der Waals surface area contributed by atoms with Crippen LogP contribution >= 0.6 is 11.6 Å². The van der Waals surface area contributed by atoms with E-state index < -0.39 is 0 Å². The zero-order chi connectivity index (χ0) is 9.84. The lowest BCUT2D eigenvalue weighted by Gasteiger charge is -2.09. The van der Waals surface area contributed by atoms with Crippen LogP contribution in [0.15, 0.2) is 18.2 Å². The first kappa shape index (κ1) is 9.67. The number of benzene rings is 1. The number of carbonyl (C=O) groups is 1. The topological polar surface area (TPSA) is 61.4 Å². The van der Waals surface area contributed by atoms with E-state index in [1.54, 1.807) is 12.1 Å². The summed E-state index contributed by atoms with van der Waals surface area (Å²) < 4.78 is 0. The molecule has 1 aromatic carbocycles. The third kappa shape index (κ3) is 2.52. The van der Waals surface area contributed by atoms with Crippen molar-refractivity contribution < 1.29 is 9.90 Å². The molecule has 1 amide bonds. The van der Waals surface area contributed by atoms with Gasteiger partial charge < -0.3 is 5.11 Å². The summed E-state index contributed by atoms with van der Waals surface area (Å²) in [5.74, 6) is -0.277. The molecule has 3 N–H and O–H groups in total. The summed E-state index contributed by atoms with van der Waals surface area (Å²) in [6.07, 6.45) is 0. The number of para-hydroxylation sites is 1. The van der Waals surface area contributed by atoms with Crippen molar-refractivity contribution in [1.82, 2.24) is 5.43 Å². The summed E-state index contributed by atoms with van der Waals surface area (Å²) in [6.45, 7) is 1.35. The molecule has 0 aliphatic rings. The smallest absolute Gasteiger partial charge is 0.235 e. The zero-order valence-corrected chi connectivity index (χ0v) is 7.72. The first-order valence-corrected chi connectivity index (χ1v) is 3.99. The van der Waals surface area contributed by atoms with Gasteiger partial charge in [0.1, 0.15) is 11.4 Å². The number of carbonyl (C=O) groups excluding carboxylic acids is 1. The van der Waals surface area contributed by atoms with E-state index in [2.05, 4.69) is 10.9 Å². The lowest BCUT2D eigenvalue weighted by molar-refractivity contribution is -0.118. The Hall–Kier alpha value is -1.42. The third-order valence-corrected chi connectivity index (χ3v) is 1.67. The molecule has 0 spiro atoms. The average Bonchev–Trinajstić information content (AvgIpc) is 2.03. The maximum Gasteiger partial charge on any atom is 0.235 e. The van der Waals surface area contributed by atoms with Crippen LogP contribution < -0.4 is 10.9 Å². The zero-order valence-electron chi connectivity index (χ0n) is 6.97. The highest BCUT2D eigenvalue weighted by molar-refractivity contribution is 6.33. The van der Waals surface area contributed by atoms with E-state index in [1.807, 2.05) is 0 Å². The van der Waals surface area contributed by atoms with Gasteiger partial charge in [0.05, 0.1) is 5.02 Å².